The van der Waals surface area contributed by atoms with Crippen molar-refractivity contribution in [2.24, 2.45) is 0 Å². The summed E-state index contributed by atoms with van der Waals surface area (Å²) in [7, 11) is 0. The first-order chi connectivity index (χ1) is 11.1. The summed E-state index contributed by atoms with van der Waals surface area (Å²) in [5, 5.41) is 11.0. The van der Waals surface area contributed by atoms with Gasteiger partial charge in [0.25, 0.3) is 5.69 Å². The lowest BCUT2D eigenvalue weighted by Crippen LogP contribution is -2.49. The summed E-state index contributed by atoms with van der Waals surface area (Å²) in [6.07, 6.45) is 0.0966. The van der Waals surface area contributed by atoms with Crippen molar-refractivity contribution in [2.45, 2.75) is 57.5 Å². The molecule has 2 saturated heterocycles. The smallest absolute Gasteiger partial charge is 0.410 e. The van der Waals surface area contributed by atoms with Gasteiger partial charge in [0, 0.05) is 24.6 Å². The highest BCUT2D eigenvalue weighted by atomic mass is 16.6. The summed E-state index contributed by atoms with van der Waals surface area (Å²) >= 11 is 0. The van der Waals surface area contributed by atoms with Gasteiger partial charge in [-0.15, -0.1) is 0 Å². The lowest BCUT2D eigenvalue weighted by molar-refractivity contribution is -0.385. The van der Waals surface area contributed by atoms with E-state index >= 15 is 0 Å². The number of ether oxygens (including phenoxy) is 2. The van der Waals surface area contributed by atoms with Crippen LogP contribution in [0.1, 0.15) is 39.7 Å². The van der Waals surface area contributed by atoms with E-state index in [4.69, 9.17) is 9.47 Å². The third-order valence-corrected chi connectivity index (χ3v) is 4.48. The summed E-state index contributed by atoms with van der Waals surface area (Å²) in [6, 6.07) is 6.49. The number of hydrogen-bond donors (Lipinski definition) is 0. The topological polar surface area (TPSA) is 85.2 Å². The van der Waals surface area contributed by atoms with Gasteiger partial charge in [0.15, 0.2) is 0 Å². The van der Waals surface area contributed by atoms with Crippen LogP contribution in [0.5, 0.6) is 0 Å². The molecule has 2 heterocycles. The van der Waals surface area contributed by atoms with Crippen LogP contribution in [0.2, 0.25) is 0 Å². The van der Waals surface area contributed by atoms with Crippen molar-refractivity contribution in [2.75, 3.05) is 6.54 Å². The van der Waals surface area contributed by atoms with E-state index in [2.05, 4.69) is 0 Å². The Morgan fingerprint density at radius 1 is 1.46 bits per heavy atom. The van der Waals surface area contributed by atoms with Crippen molar-refractivity contribution in [1.29, 1.82) is 0 Å². The number of piperidine rings is 1. The summed E-state index contributed by atoms with van der Waals surface area (Å²) in [4.78, 5) is 24.6. The predicted octanol–water partition coefficient (Wildman–Crippen LogP) is 3.22. The number of hydrogen-bond acceptors (Lipinski definition) is 5. The molecule has 0 radical (unpaired) electrons. The van der Waals surface area contributed by atoms with Crippen LogP contribution in [-0.2, 0) is 15.1 Å². The fourth-order valence-corrected chi connectivity index (χ4v) is 3.32. The molecule has 1 amide bonds. The minimum Gasteiger partial charge on any atom is -0.444 e. The Morgan fingerprint density at radius 2 is 2.17 bits per heavy atom. The number of rotatable bonds is 2. The highest BCUT2D eigenvalue weighted by molar-refractivity contribution is 5.69. The Hall–Kier alpha value is -2.15. The van der Waals surface area contributed by atoms with Gasteiger partial charge in [-0.2, -0.15) is 0 Å². The number of benzene rings is 1. The summed E-state index contributed by atoms with van der Waals surface area (Å²) in [5.74, 6) is 0. The van der Waals surface area contributed by atoms with Crippen LogP contribution in [0, 0.1) is 10.1 Å². The van der Waals surface area contributed by atoms with Crippen molar-refractivity contribution < 1.29 is 19.2 Å². The predicted molar refractivity (Wildman–Crippen MR) is 86.7 cm³/mol. The monoisotopic (exact) mass is 334 g/mol. The summed E-state index contributed by atoms with van der Waals surface area (Å²) in [5.41, 5.74) is -0.213. The van der Waals surface area contributed by atoms with E-state index in [1.165, 1.54) is 6.07 Å². The highest BCUT2D eigenvalue weighted by Gasteiger charge is 2.62. The van der Waals surface area contributed by atoms with Crippen LogP contribution in [0.15, 0.2) is 24.3 Å². The fraction of sp³-hybridized carbons (Fsp3) is 0.588. The van der Waals surface area contributed by atoms with Gasteiger partial charge in [0.05, 0.1) is 11.5 Å². The number of likely N-dealkylation sites (tertiary alicyclic amines) is 1. The first-order valence-electron chi connectivity index (χ1n) is 8.05. The molecule has 0 spiro atoms. The highest BCUT2D eigenvalue weighted by Crippen LogP contribution is 2.54. The molecule has 7 nitrogen and oxygen atoms in total. The van der Waals surface area contributed by atoms with Crippen LogP contribution in [0.25, 0.3) is 0 Å². The van der Waals surface area contributed by atoms with Crippen LogP contribution in [0.3, 0.4) is 0 Å². The zero-order chi connectivity index (χ0) is 17.7. The number of epoxide rings is 1. The first-order valence-corrected chi connectivity index (χ1v) is 8.05. The fourth-order valence-electron chi connectivity index (χ4n) is 3.32. The molecule has 0 bridgehead atoms. The number of nitrogens with zero attached hydrogens (tertiary/aromatic N) is 2. The molecule has 3 atom stereocenters. The Labute approximate surface area is 140 Å². The van der Waals surface area contributed by atoms with E-state index in [0.29, 0.717) is 13.0 Å². The second-order valence-corrected chi connectivity index (χ2v) is 7.49. The zero-order valence-corrected chi connectivity index (χ0v) is 14.3. The quantitative estimate of drug-likeness (QED) is 0.471. The molecule has 0 aliphatic carbocycles. The van der Waals surface area contributed by atoms with Gasteiger partial charge >= 0.3 is 6.09 Å². The Morgan fingerprint density at radius 3 is 2.79 bits per heavy atom. The molecule has 0 saturated carbocycles. The molecule has 0 aromatic heterocycles. The Balaban J connectivity index is 1.77. The molecule has 2 fully saturated rings. The largest absolute Gasteiger partial charge is 0.444 e. The summed E-state index contributed by atoms with van der Waals surface area (Å²) in [6.45, 7) is 7.88. The van der Waals surface area contributed by atoms with Crippen molar-refractivity contribution in [3.8, 4) is 0 Å². The van der Waals surface area contributed by atoms with Gasteiger partial charge in [-0.25, -0.2) is 4.79 Å². The lowest BCUT2D eigenvalue weighted by Gasteiger charge is -2.36. The second kappa shape index (κ2) is 5.44. The standard InChI is InChI=1S/C17H22N2O5/c1-11-9-17(12-6-5-7-13(8-12)19(21)22)14(23-17)10-18(11)15(20)24-16(2,3)4/h5-8,11,14H,9-10H2,1-4H3/t11-,14+,17+/m1/s1. The minimum absolute atomic E-state index is 0.0540. The van der Waals surface area contributed by atoms with E-state index in [0.717, 1.165) is 5.56 Å². The molecule has 0 N–H and O–H groups in total. The number of amides is 1. The molecule has 2 aliphatic rings. The van der Waals surface area contributed by atoms with Crippen LogP contribution in [0.4, 0.5) is 10.5 Å². The van der Waals surface area contributed by atoms with Crippen molar-refractivity contribution in [3.05, 3.63) is 39.9 Å². The number of nitro groups is 1. The van der Waals surface area contributed by atoms with Crippen LogP contribution < -0.4 is 0 Å². The Bertz CT molecular complexity index is 684. The van der Waals surface area contributed by atoms with E-state index in [9.17, 15) is 14.9 Å². The number of carbonyl (C=O) groups is 1. The van der Waals surface area contributed by atoms with E-state index in [1.807, 2.05) is 33.8 Å². The third-order valence-electron chi connectivity index (χ3n) is 4.48. The molecule has 2 aliphatic heterocycles. The maximum Gasteiger partial charge on any atom is 0.410 e. The molecular formula is C17H22N2O5. The van der Waals surface area contributed by atoms with Gasteiger partial charge in [-0.3, -0.25) is 10.1 Å². The molecule has 130 valence electrons. The van der Waals surface area contributed by atoms with Gasteiger partial charge in [0.2, 0.25) is 0 Å². The summed E-state index contributed by atoms with van der Waals surface area (Å²) < 4.78 is 11.3. The van der Waals surface area contributed by atoms with Crippen LogP contribution >= 0.6 is 0 Å². The maximum absolute atomic E-state index is 12.3. The maximum atomic E-state index is 12.3. The van der Waals surface area contributed by atoms with E-state index in [1.54, 1.807) is 17.0 Å². The number of non-ortho nitro benzene ring substituents is 1. The molecule has 0 unspecified atom stereocenters. The van der Waals surface area contributed by atoms with Gasteiger partial charge in [-0.05, 0) is 33.3 Å². The molecule has 24 heavy (non-hydrogen) atoms. The first kappa shape index (κ1) is 16.7. The number of carbonyl (C=O) groups excluding carboxylic acids is 1. The third kappa shape index (κ3) is 2.96. The van der Waals surface area contributed by atoms with Crippen molar-refractivity contribution in [3.63, 3.8) is 0 Å². The van der Waals surface area contributed by atoms with Crippen LogP contribution in [-0.4, -0.2) is 40.2 Å². The normalized spacial score (nSPS) is 28.9. The number of nitro benzene ring substituents is 1. The second-order valence-electron chi connectivity index (χ2n) is 7.49. The van der Waals surface area contributed by atoms with Gasteiger partial charge in [-0.1, -0.05) is 12.1 Å². The van der Waals surface area contributed by atoms with E-state index < -0.39 is 16.1 Å². The molecule has 1 aromatic carbocycles. The van der Waals surface area contributed by atoms with Crippen molar-refractivity contribution >= 4 is 11.8 Å². The van der Waals surface area contributed by atoms with E-state index in [-0.39, 0.29) is 23.9 Å². The molecule has 7 heteroatoms. The molecule has 1 aromatic rings. The SMILES string of the molecule is C[C@@H]1C[C@@]2(c3cccc([N+](=O)[O-])c3)O[C@H]2CN1C(=O)OC(C)(C)C. The number of fused-ring (bicyclic) bond motifs is 1. The average molecular weight is 334 g/mol. The van der Waals surface area contributed by atoms with Gasteiger partial charge < -0.3 is 14.4 Å². The minimum atomic E-state index is -0.546. The Kier molecular flexibility index (Phi) is 3.79. The lowest BCUT2D eigenvalue weighted by atomic mass is 9.85. The molecular weight excluding hydrogens is 312 g/mol. The van der Waals surface area contributed by atoms with Crippen molar-refractivity contribution in [1.82, 2.24) is 4.90 Å². The average Bonchev–Trinajstić information content (AvgIpc) is 3.19. The van der Waals surface area contributed by atoms with Gasteiger partial charge in [0.1, 0.15) is 17.3 Å². The zero-order valence-electron chi connectivity index (χ0n) is 14.3. The molecule has 3 rings (SSSR count).